The number of amides is 1. The second-order valence-electron chi connectivity index (χ2n) is 5.33. The molecule has 0 fully saturated rings. The second kappa shape index (κ2) is 8.50. The Morgan fingerprint density at radius 2 is 1.96 bits per heavy atom. The standard InChI is InChI=1S/C16H18F3N3O3/c1-2-3-13-21-15(25-22-13)9-8-14(23)20-11-4-6-12(7-5-11)24-10-16(17,18)19/h4-7H,2-3,8-10H2,1H3,(H,20,23). The summed E-state index contributed by atoms with van der Waals surface area (Å²) in [4.78, 5) is 16.0. The van der Waals surface area contributed by atoms with Crippen LogP contribution in [0.1, 0.15) is 31.5 Å². The van der Waals surface area contributed by atoms with Crippen LogP contribution >= 0.6 is 0 Å². The summed E-state index contributed by atoms with van der Waals surface area (Å²) < 4.78 is 45.8. The van der Waals surface area contributed by atoms with Crippen LogP contribution in [0.2, 0.25) is 0 Å². The van der Waals surface area contributed by atoms with E-state index in [1.807, 2.05) is 6.92 Å². The number of aromatic nitrogens is 2. The number of hydrogen-bond acceptors (Lipinski definition) is 5. The quantitative estimate of drug-likeness (QED) is 0.782. The Labute approximate surface area is 142 Å². The molecule has 0 aliphatic heterocycles. The molecular formula is C16H18F3N3O3. The summed E-state index contributed by atoms with van der Waals surface area (Å²) in [5, 5.41) is 6.44. The molecule has 1 aromatic heterocycles. The topological polar surface area (TPSA) is 77.2 Å². The maximum absolute atomic E-state index is 12.1. The lowest BCUT2D eigenvalue weighted by atomic mass is 10.2. The molecule has 0 radical (unpaired) electrons. The summed E-state index contributed by atoms with van der Waals surface area (Å²) >= 11 is 0. The third-order valence-corrected chi connectivity index (χ3v) is 3.09. The minimum Gasteiger partial charge on any atom is -0.484 e. The summed E-state index contributed by atoms with van der Waals surface area (Å²) in [6.07, 6.45) is -2.30. The average molecular weight is 357 g/mol. The molecule has 0 saturated heterocycles. The monoisotopic (exact) mass is 357 g/mol. The van der Waals surface area contributed by atoms with Gasteiger partial charge in [0.25, 0.3) is 0 Å². The predicted octanol–water partition coefficient (Wildman–Crippen LogP) is 3.53. The fourth-order valence-electron chi connectivity index (χ4n) is 1.96. The summed E-state index contributed by atoms with van der Waals surface area (Å²) in [6.45, 7) is 0.645. The van der Waals surface area contributed by atoms with E-state index < -0.39 is 12.8 Å². The molecule has 25 heavy (non-hydrogen) atoms. The van der Waals surface area contributed by atoms with Crippen molar-refractivity contribution in [3.63, 3.8) is 0 Å². The van der Waals surface area contributed by atoms with Crippen molar-refractivity contribution in [1.82, 2.24) is 10.1 Å². The fourth-order valence-corrected chi connectivity index (χ4v) is 1.96. The highest BCUT2D eigenvalue weighted by Crippen LogP contribution is 2.20. The van der Waals surface area contributed by atoms with Crippen LogP contribution in [-0.4, -0.2) is 28.8 Å². The Morgan fingerprint density at radius 1 is 1.24 bits per heavy atom. The number of anilines is 1. The van der Waals surface area contributed by atoms with E-state index in [-0.39, 0.29) is 18.1 Å². The second-order valence-corrected chi connectivity index (χ2v) is 5.33. The van der Waals surface area contributed by atoms with Gasteiger partial charge in [0.1, 0.15) is 5.75 Å². The summed E-state index contributed by atoms with van der Waals surface area (Å²) in [5.74, 6) is 0.825. The van der Waals surface area contributed by atoms with Gasteiger partial charge in [0.05, 0.1) is 0 Å². The molecule has 2 rings (SSSR count). The molecule has 1 heterocycles. The number of carbonyl (C=O) groups excluding carboxylic acids is 1. The van der Waals surface area contributed by atoms with Crippen molar-refractivity contribution in [3.05, 3.63) is 36.0 Å². The van der Waals surface area contributed by atoms with E-state index in [0.717, 1.165) is 12.8 Å². The van der Waals surface area contributed by atoms with Crippen molar-refractivity contribution in [1.29, 1.82) is 0 Å². The van der Waals surface area contributed by atoms with Crippen LogP contribution in [-0.2, 0) is 17.6 Å². The zero-order valence-electron chi connectivity index (χ0n) is 13.6. The molecule has 0 bridgehead atoms. The maximum Gasteiger partial charge on any atom is 0.422 e. The van der Waals surface area contributed by atoms with Gasteiger partial charge in [-0.3, -0.25) is 4.79 Å². The molecule has 0 atom stereocenters. The molecule has 0 saturated carbocycles. The van der Waals surface area contributed by atoms with Gasteiger partial charge < -0.3 is 14.6 Å². The number of hydrogen-bond donors (Lipinski definition) is 1. The lowest BCUT2D eigenvalue weighted by Gasteiger charge is -2.10. The first-order chi connectivity index (χ1) is 11.9. The first-order valence-corrected chi connectivity index (χ1v) is 7.76. The fraction of sp³-hybridized carbons (Fsp3) is 0.438. The van der Waals surface area contributed by atoms with E-state index in [2.05, 4.69) is 20.2 Å². The van der Waals surface area contributed by atoms with Crippen LogP contribution in [0, 0.1) is 0 Å². The van der Waals surface area contributed by atoms with Gasteiger partial charge in [0.2, 0.25) is 11.8 Å². The van der Waals surface area contributed by atoms with Gasteiger partial charge in [-0.2, -0.15) is 18.2 Å². The molecule has 6 nitrogen and oxygen atoms in total. The van der Waals surface area contributed by atoms with Crippen LogP contribution < -0.4 is 10.1 Å². The third kappa shape index (κ3) is 6.82. The zero-order chi connectivity index (χ0) is 18.3. The van der Waals surface area contributed by atoms with Gasteiger partial charge in [0, 0.05) is 24.9 Å². The van der Waals surface area contributed by atoms with Crippen molar-refractivity contribution in [3.8, 4) is 5.75 Å². The van der Waals surface area contributed by atoms with Crippen molar-refractivity contribution in [2.24, 2.45) is 0 Å². The number of nitrogens with one attached hydrogen (secondary N) is 1. The van der Waals surface area contributed by atoms with E-state index in [0.29, 0.717) is 23.8 Å². The van der Waals surface area contributed by atoms with Crippen molar-refractivity contribution in [2.75, 3.05) is 11.9 Å². The van der Waals surface area contributed by atoms with Crippen LogP contribution in [0.15, 0.2) is 28.8 Å². The van der Waals surface area contributed by atoms with Gasteiger partial charge in [0.15, 0.2) is 12.4 Å². The Kier molecular flexibility index (Phi) is 6.37. The zero-order valence-corrected chi connectivity index (χ0v) is 13.6. The Balaban J connectivity index is 1.77. The molecule has 0 aliphatic carbocycles. The molecule has 0 aliphatic rings. The number of benzene rings is 1. The van der Waals surface area contributed by atoms with Crippen LogP contribution in [0.5, 0.6) is 5.75 Å². The maximum atomic E-state index is 12.1. The molecule has 0 spiro atoms. The Hall–Kier alpha value is -2.58. The lowest BCUT2D eigenvalue weighted by Crippen LogP contribution is -2.19. The van der Waals surface area contributed by atoms with E-state index in [4.69, 9.17) is 4.52 Å². The molecular weight excluding hydrogens is 339 g/mol. The molecule has 1 aromatic carbocycles. The number of alkyl halides is 3. The molecule has 1 N–H and O–H groups in total. The lowest BCUT2D eigenvalue weighted by molar-refractivity contribution is -0.153. The van der Waals surface area contributed by atoms with Gasteiger partial charge in [-0.1, -0.05) is 12.1 Å². The van der Waals surface area contributed by atoms with Crippen molar-refractivity contribution in [2.45, 2.75) is 38.8 Å². The first kappa shape index (κ1) is 18.8. The third-order valence-electron chi connectivity index (χ3n) is 3.09. The number of carbonyl (C=O) groups is 1. The van der Waals surface area contributed by atoms with Gasteiger partial charge in [-0.05, 0) is 30.7 Å². The Bertz CT molecular complexity index is 684. The van der Waals surface area contributed by atoms with Gasteiger partial charge in [-0.15, -0.1) is 0 Å². The van der Waals surface area contributed by atoms with Crippen molar-refractivity contribution < 1.29 is 27.2 Å². The number of ether oxygens (including phenoxy) is 1. The normalized spacial score (nSPS) is 11.4. The molecule has 136 valence electrons. The summed E-state index contributed by atoms with van der Waals surface area (Å²) in [7, 11) is 0. The van der Waals surface area contributed by atoms with E-state index in [1.165, 1.54) is 24.3 Å². The van der Waals surface area contributed by atoms with E-state index >= 15 is 0 Å². The van der Waals surface area contributed by atoms with Crippen molar-refractivity contribution >= 4 is 11.6 Å². The van der Waals surface area contributed by atoms with Crippen LogP contribution in [0.4, 0.5) is 18.9 Å². The number of aryl methyl sites for hydroxylation is 2. The molecule has 9 heteroatoms. The molecule has 2 aromatic rings. The van der Waals surface area contributed by atoms with Crippen LogP contribution in [0.25, 0.3) is 0 Å². The summed E-state index contributed by atoms with van der Waals surface area (Å²) in [6, 6.07) is 5.65. The van der Waals surface area contributed by atoms with Gasteiger partial charge >= 0.3 is 6.18 Å². The smallest absolute Gasteiger partial charge is 0.422 e. The molecule has 0 unspecified atom stereocenters. The highest BCUT2D eigenvalue weighted by Gasteiger charge is 2.28. The average Bonchev–Trinajstić information content (AvgIpc) is 3.00. The first-order valence-electron chi connectivity index (χ1n) is 7.76. The minimum atomic E-state index is -4.39. The number of halogens is 3. The minimum absolute atomic E-state index is 0.0737. The Morgan fingerprint density at radius 3 is 2.60 bits per heavy atom. The van der Waals surface area contributed by atoms with E-state index in [1.54, 1.807) is 0 Å². The number of nitrogens with zero attached hydrogens (tertiary/aromatic N) is 2. The number of rotatable bonds is 8. The highest BCUT2D eigenvalue weighted by molar-refractivity contribution is 5.90. The highest BCUT2D eigenvalue weighted by atomic mass is 19.4. The van der Waals surface area contributed by atoms with E-state index in [9.17, 15) is 18.0 Å². The van der Waals surface area contributed by atoms with Gasteiger partial charge in [-0.25, -0.2) is 0 Å². The molecule has 1 amide bonds. The largest absolute Gasteiger partial charge is 0.484 e. The predicted molar refractivity (Wildman–Crippen MR) is 83.2 cm³/mol. The summed E-state index contributed by atoms with van der Waals surface area (Å²) in [5.41, 5.74) is 0.460. The SMILES string of the molecule is CCCc1noc(CCC(=O)Nc2ccc(OCC(F)(F)F)cc2)n1. The van der Waals surface area contributed by atoms with Crippen LogP contribution in [0.3, 0.4) is 0 Å².